The fourth-order valence-corrected chi connectivity index (χ4v) is 3.78. The van der Waals surface area contributed by atoms with Crippen molar-refractivity contribution in [1.29, 1.82) is 0 Å². The molecule has 0 aromatic heterocycles. The Bertz CT molecular complexity index is 1470. The van der Waals surface area contributed by atoms with Crippen molar-refractivity contribution in [3.63, 3.8) is 0 Å². The molecular formula is C26H18Cl2N2O5. The van der Waals surface area contributed by atoms with Crippen molar-refractivity contribution in [2.45, 2.75) is 0 Å². The SMILES string of the molecule is COc1cc(/C=N\NC(=O)c2cc3ccccc3cc2O)ccc1OC(=O)c1ccc(Cl)cc1Cl. The number of rotatable bonds is 6. The minimum absolute atomic E-state index is 0.0987. The number of methoxy groups -OCH3 is 1. The van der Waals surface area contributed by atoms with Crippen LogP contribution < -0.4 is 14.9 Å². The third kappa shape index (κ3) is 5.54. The molecule has 9 heteroatoms. The molecule has 0 atom stereocenters. The number of ether oxygens (including phenoxy) is 2. The molecule has 0 bridgehead atoms. The van der Waals surface area contributed by atoms with E-state index in [0.717, 1.165) is 10.8 Å². The van der Waals surface area contributed by atoms with Gasteiger partial charge in [-0.05, 0) is 64.9 Å². The molecule has 0 unspecified atom stereocenters. The number of carbonyl (C=O) groups excluding carboxylic acids is 2. The summed E-state index contributed by atoms with van der Waals surface area (Å²) in [5.74, 6) is -0.947. The monoisotopic (exact) mass is 508 g/mol. The molecule has 0 radical (unpaired) electrons. The molecule has 0 saturated heterocycles. The lowest BCUT2D eigenvalue weighted by Gasteiger charge is -2.11. The van der Waals surface area contributed by atoms with Crippen LogP contribution in [0.2, 0.25) is 10.0 Å². The number of esters is 1. The summed E-state index contributed by atoms with van der Waals surface area (Å²) in [5, 5.41) is 16.3. The molecule has 4 aromatic carbocycles. The van der Waals surface area contributed by atoms with Crippen molar-refractivity contribution in [1.82, 2.24) is 5.43 Å². The second-order valence-corrected chi connectivity index (χ2v) is 8.18. The summed E-state index contributed by atoms with van der Waals surface area (Å²) in [6, 6.07) is 19.7. The van der Waals surface area contributed by atoms with Gasteiger partial charge in [-0.3, -0.25) is 4.79 Å². The smallest absolute Gasteiger partial charge is 0.345 e. The van der Waals surface area contributed by atoms with E-state index >= 15 is 0 Å². The molecule has 176 valence electrons. The number of hydrogen-bond donors (Lipinski definition) is 2. The highest BCUT2D eigenvalue weighted by molar-refractivity contribution is 6.36. The second kappa shape index (κ2) is 10.5. The first-order chi connectivity index (χ1) is 16.9. The predicted octanol–water partition coefficient (Wildman–Crippen LogP) is 5.84. The number of benzene rings is 4. The number of hydrogen-bond acceptors (Lipinski definition) is 6. The molecular weight excluding hydrogens is 491 g/mol. The van der Waals surface area contributed by atoms with Gasteiger partial charge in [0.15, 0.2) is 11.5 Å². The van der Waals surface area contributed by atoms with Gasteiger partial charge in [-0.2, -0.15) is 5.10 Å². The summed E-state index contributed by atoms with van der Waals surface area (Å²) in [5.41, 5.74) is 3.21. The number of halogens is 2. The fourth-order valence-electron chi connectivity index (χ4n) is 3.29. The van der Waals surface area contributed by atoms with Crippen LogP contribution in [0.4, 0.5) is 0 Å². The predicted molar refractivity (Wildman–Crippen MR) is 135 cm³/mol. The number of fused-ring (bicyclic) bond motifs is 1. The Morgan fingerprint density at radius 3 is 2.37 bits per heavy atom. The number of phenols is 1. The fraction of sp³-hybridized carbons (Fsp3) is 0.0385. The van der Waals surface area contributed by atoms with Crippen LogP contribution in [0.5, 0.6) is 17.2 Å². The van der Waals surface area contributed by atoms with Gasteiger partial charge in [-0.1, -0.05) is 47.5 Å². The summed E-state index contributed by atoms with van der Waals surface area (Å²) < 4.78 is 10.7. The lowest BCUT2D eigenvalue weighted by Crippen LogP contribution is -2.17. The van der Waals surface area contributed by atoms with Gasteiger partial charge in [0.1, 0.15) is 5.75 Å². The van der Waals surface area contributed by atoms with E-state index in [1.165, 1.54) is 43.7 Å². The van der Waals surface area contributed by atoms with Crippen molar-refractivity contribution < 1.29 is 24.2 Å². The van der Waals surface area contributed by atoms with E-state index < -0.39 is 11.9 Å². The molecule has 0 fully saturated rings. The zero-order valence-corrected chi connectivity index (χ0v) is 19.8. The van der Waals surface area contributed by atoms with Gasteiger partial charge in [-0.15, -0.1) is 0 Å². The number of phenolic OH excluding ortho intramolecular Hbond substituents is 1. The number of nitrogens with one attached hydrogen (secondary N) is 1. The van der Waals surface area contributed by atoms with Gasteiger partial charge in [0.05, 0.1) is 29.5 Å². The van der Waals surface area contributed by atoms with E-state index in [2.05, 4.69) is 10.5 Å². The zero-order valence-electron chi connectivity index (χ0n) is 18.3. The third-order valence-corrected chi connectivity index (χ3v) is 5.58. The maximum Gasteiger partial charge on any atom is 0.345 e. The van der Waals surface area contributed by atoms with Crippen molar-refractivity contribution in [3.05, 3.63) is 99.5 Å². The van der Waals surface area contributed by atoms with Crippen LogP contribution >= 0.6 is 23.2 Å². The van der Waals surface area contributed by atoms with Gasteiger partial charge in [-0.25, -0.2) is 10.2 Å². The quantitative estimate of drug-likeness (QED) is 0.147. The second-order valence-electron chi connectivity index (χ2n) is 7.34. The van der Waals surface area contributed by atoms with Crippen LogP contribution in [0.25, 0.3) is 10.8 Å². The van der Waals surface area contributed by atoms with Gasteiger partial charge in [0.2, 0.25) is 0 Å². The molecule has 1 amide bonds. The van der Waals surface area contributed by atoms with Crippen LogP contribution in [-0.4, -0.2) is 30.3 Å². The average molecular weight is 509 g/mol. The van der Waals surface area contributed by atoms with E-state index in [1.807, 2.05) is 24.3 Å². The normalized spacial score (nSPS) is 10.9. The largest absolute Gasteiger partial charge is 0.507 e. The Hall–Kier alpha value is -4.07. The van der Waals surface area contributed by atoms with E-state index in [1.54, 1.807) is 18.2 Å². The molecule has 0 aliphatic heterocycles. The lowest BCUT2D eigenvalue weighted by molar-refractivity contribution is 0.0729. The molecule has 0 spiro atoms. The van der Waals surface area contributed by atoms with Crippen LogP contribution in [-0.2, 0) is 0 Å². The topological polar surface area (TPSA) is 97.2 Å². The molecule has 0 heterocycles. The van der Waals surface area contributed by atoms with E-state index in [9.17, 15) is 14.7 Å². The Morgan fingerprint density at radius 1 is 0.914 bits per heavy atom. The van der Waals surface area contributed by atoms with Gasteiger partial charge in [0.25, 0.3) is 5.91 Å². The summed E-state index contributed by atoms with van der Waals surface area (Å²) in [4.78, 5) is 25.0. The van der Waals surface area contributed by atoms with Crippen molar-refractivity contribution in [2.75, 3.05) is 7.11 Å². The molecule has 7 nitrogen and oxygen atoms in total. The first-order valence-electron chi connectivity index (χ1n) is 10.3. The number of nitrogens with zero attached hydrogens (tertiary/aromatic N) is 1. The highest BCUT2D eigenvalue weighted by Crippen LogP contribution is 2.30. The van der Waals surface area contributed by atoms with Crippen molar-refractivity contribution in [3.8, 4) is 17.2 Å². The molecule has 4 rings (SSSR count). The van der Waals surface area contributed by atoms with E-state index in [0.29, 0.717) is 10.6 Å². The summed E-state index contributed by atoms with van der Waals surface area (Å²) in [7, 11) is 1.42. The molecule has 0 aliphatic rings. The summed E-state index contributed by atoms with van der Waals surface area (Å²) >= 11 is 11.9. The Kier molecular flexibility index (Phi) is 7.19. The minimum atomic E-state index is -0.672. The average Bonchev–Trinajstić information content (AvgIpc) is 2.84. The summed E-state index contributed by atoms with van der Waals surface area (Å²) in [6.45, 7) is 0. The molecule has 35 heavy (non-hydrogen) atoms. The third-order valence-electron chi connectivity index (χ3n) is 5.03. The zero-order chi connectivity index (χ0) is 24.9. The number of hydrazone groups is 1. The first-order valence-corrected chi connectivity index (χ1v) is 11.0. The maximum atomic E-state index is 12.5. The number of aromatic hydroxyl groups is 1. The molecule has 4 aromatic rings. The van der Waals surface area contributed by atoms with Crippen LogP contribution in [0.3, 0.4) is 0 Å². The van der Waals surface area contributed by atoms with E-state index in [-0.39, 0.29) is 33.4 Å². The van der Waals surface area contributed by atoms with Gasteiger partial charge in [0, 0.05) is 5.02 Å². The Morgan fingerprint density at radius 2 is 1.66 bits per heavy atom. The Labute approximate surface area is 210 Å². The first kappa shape index (κ1) is 24.1. The number of amides is 1. The molecule has 0 saturated carbocycles. The van der Waals surface area contributed by atoms with Gasteiger partial charge >= 0.3 is 5.97 Å². The minimum Gasteiger partial charge on any atom is -0.507 e. The maximum absolute atomic E-state index is 12.5. The van der Waals surface area contributed by atoms with Crippen LogP contribution in [0, 0.1) is 0 Å². The highest BCUT2D eigenvalue weighted by atomic mass is 35.5. The standard InChI is InChI=1S/C26H18Cl2N2O5/c1-34-24-10-15(6-9-23(24)35-26(33)19-8-7-18(27)13-21(19)28)14-29-30-25(32)20-11-16-4-2-3-5-17(16)12-22(20)31/h2-14,31H,1H3,(H,30,32)/b29-14-. The Balaban J connectivity index is 1.46. The van der Waals surface area contributed by atoms with Crippen molar-refractivity contribution >= 4 is 52.1 Å². The summed E-state index contributed by atoms with van der Waals surface area (Å²) in [6.07, 6.45) is 1.39. The number of carbonyl (C=O) groups is 2. The van der Waals surface area contributed by atoms with Crippen molar-refractivity contribution in [2.24, 2.45) is 5.10 Å². The van der Waals surface area contributed by atoms with E-state index in [4.69, 9.17) is 32.7 Å². The molecule has 2 N–H and O–H groups in total. The lowest BCUT2D eigenvalue weighted by atomic mass is 10.1. The van der Waals surface area contributed by atoms with Crippen LogP contribution in [0.1, 0.15) is 26.3 Å². The highest BCUT2D eigenvalue weighted by Gasteiger charge is 2.16. The van der Waals surface area contributed by atoms with Gasteiger partial charge < -0.3 is 14.6 Å². The molecule has 0 aliphatic carbocycles. The van der Waals surface area contributed by atoms with Crippen LogP contribution in [0.15, 0.2) is 77.9 Å².